The van der Waals surface area contributed by atoms with E-state index in [4.69, 9.17) is 4.52 Å². The zero-order valence-corrected chi connectivity index (χ0v) is 11.5. The molecule has 0 aromatic carbocycles. The molecule has 1 aliphatic heterocycles. The van der Waals surface area contributed by atoms with Crippen molar-refractivity contribution in [2.24, 2.45) is 5.92 Å². The van der Waals surface area contributed by atoms with E-state index in [1.807, 2.05) is 26.0 Å². The largest absolute Gasteiger partial charge is 0.339 e. The van der Waals surface area contributed by atoms with Crippen LogP contribution in [0.15, 0.2) is 16.7 Å². The van der Waals surface area contributed by atoms with Crippen LogP contribution in [0, 0.1) is 19.8 Å². The van der Waals surface area contributed by atoms with Crippen molar-refractivity contribution in [1.29, 1.82) is 0 Å². The Bertz CT molecular complexity index is 573. The molecule has 3 rings (SSSR count). The fraction of sp³-hybridized carbons (Fsp3) is 0.500. The Labute approximate surface area is 112 Å². The lowest BCUT2D eigenvalue weighted by Gasteiger charge is -2.07. The van der Waals surface area contributed by atoms with Crippen molar-refractivity contribution in [2.45, 2.75) is 26.7 Å². The standard InChI is InChI=1S/C14H18N4O/c1-8-6-15-7-12(8)14-17-13(18-19-14)11-4-9(2)16-10(3)5-11/h4-5,8,12,15H,6-7H2,1-3H3/t8-,12-/m1/s1. The molecule has 100 valence electrons. The summed E-state index contributed by atoms with van der Waals surface area (Å²) in [7, 11) is 0. The fourth-order valence-corrected chi connectivity index (χ4v) is 2.61. The van der Waals surface area contributed by atoms with E-state index in [0.717, 1.165) is 35.9 Å². The first-order valence-corrected chi connectivity index (χ1v) is 6.63. The predicted octanol–water partition coefficient (Wildman–Crippen LogP) is 2.07. The average molecular weight is 258 g/mol. The molecular weight excluding hydrogens is 240 g/mol. The van der Waals surface area contributed by atoms with Gasteiger partial charge in [0.2, 0.25) is 11.7 Å². The van der Waals surface area contributed by atoms with E-state index in [9.17, 15) is 0 Å². The van der Waals surface area contributed by atoms with Crippen molar-refractivity contribution in [1.82, 2.24) is 20.4 Å². The van der Waals surface area contributed by atoms with Gasteiger partial charge in [-0.05, 0) is 38.4 Å². The molecule has 0 amide bonds. The normalized spacial score (nSPS) is 22.9. The van der Waals surface area contributed by atoms with Crippen LogP contribution in [0.1, 0.15) is 30.1 Å². The summed E-state index contributed by atoms with van der Waals surface area (Å²) < 4.78 is 5.43. The number of aryl methyl sites for hydroxylation is 2. The van der Waals surface area contributed by atoms with Gasteiger partial charge >= 0.3 is 0 Å². The van der Waals surface area contributed by atoms with Crippen LogP contribution in [0.25, 0.3) is 11.4 Å². The zero-order chi connectivity index (χ0) is 13.4. The summed E-state index contributed by atoms with van der Waals surface area (Å²) in [5.41, 5.74) is 2.91. The summed E-state index contributed by atoms with van der Waals surface area (Å²) in [6.45, 7) is 8.07. The molecule has 3 heterocycles. The van der Waals surface area contributed by atoms with Crippen LogP contribution in [0.5, 0.6) is 0 Å². The quantitative estimate of drug-likeness (QED) is 0.893. The first kappa shape index (κ1) is 12.3. The Morgan fingerprint density at radius 3 is 2.53 bits per heavy atom. The summed E-state index contributed by atoms with van der Waals surface area (Å²) in [5.74, 6) is 2.25. The van der Waals surface area contributed by atoms with Gasteiger partial charge in [0.05, 0.1) is 5.92 Å². The molecule has 2 aromatic heterocycles. The van der Waals surface area contributed by atoms with Crippen molar-refractivity contribution in [3.63, 3.8) is 0 Å². The van der Waals surface area contributed by atoms with Crippen LogP contribution < -0.4 is 5.32 Å². The maximum atomic E-state index is 5.43. The Kier molecular flexibility index (Phi) is 3.06. The second-order valence-electron chi connectivity index (χ2n) is 5.34. The maximum Gasteiger partial charge on any atom is 0.231 e. The van der Waals surface area contributed by atoms with Crippen LogP contribution in [-0.2, 0) is 0 Å². The van der Waals surface area contributed by atoms with Crippen molar-refractivity contribution < 1.29 is 4.52 Å². The average Bonchev–Trinajstić information content (AvgIpc) is 2.95. The summed E-state index contributed by atoms with van der Waals surface area (Å²) in [5, 5.41) is 7.46. The number of hydrogen-bond donors (Lipinski definition) is 1. The van der Waals surface area contributed by atoms with E-state index in [1.54, 1.807) is 0 Å². The van der Waals surface area contributed by atoms with Gasteiger partial charge in [-0.25, -0.2) is 0 Å². The number of nitrogens with zero attached hydrogens (tertiary/aromatic N) is 3. The highest BCUT2D eigenvalue weighted by Gasteiger charge is 2.29. The molecule has 19 heavy (non-hydrogen) atoms. The number of pyridine rings is 1. The van der Waals surface area contributed by atoms with E-state index in [-0.39, 0.29) is 0 Å². The zero-order valence-electron chi connectivity index (χ0n) is 11.5. The van der Waals surface area contributed by atoms with Gasteiger partial charge in [0.25, 0.3) is 0 Å². The smallest absolute Gasteiger partial charge is 0.231 e. The molecule has 0 radical (unpaired) electrons. The molecule has 5 heteroatoms. The number of aromatic nitrogens is 3. The summed E-state index contributed by atoms with van der Waals surface area (Å²) in [6.07, 6.45) is 0. The minimum atomic E-state index is 0.324. The lowest BCUT2D eigenvalue weighted by Crippen LogP contribution is -2.08. The third kappa shape index (κ3) is 2.38. The van der Waals surface area contributed by atoms with Gasteiger partial charge in [0.15, 0.2) is 0 Å². The number of nitrogens with one attached hydrogen (secondary N) is 1. The van der Waals surface area contributed by atoms with E-state index >= 15 is 0 Å². The number of hydrogen-bond acceptors (Lipinski definition) is 5. The van der Waals surface area contributed by atoms with Gasteiger partial charge in [-0.15, -0.1) is 0 Å². The minimum absolute atomic E-state index is 0.324. The van der Waals surface area contributed by atoms with E-state index in [2.05, 4.69) is 27.4 Å². The van der Waals surface area contributed by atoms with Gasteiger partial charge in [0, 0.05) is 23.5 Å². The minimum Gasteiger partial charge on any atom is -0.339 e. The van der Waals surface area contributed by atoms with Crippen molar-refractivity contribution >= 4 is 0 Å². The summed E-state index contributed by atoms with van der Waals surface area (Å²) >= 11 is 0. The Morgan fingerprint density at radius 2 is 1.89 bits per heavy atom. The molecule has 2 atom stereocenters. The second-order valence-corrected chi connectivity index (χ2v) is 5.34. The molecule has 1 fully saturated rings. The molecule has 1 aliphatic rings. The second kappa shape index (κ2) is 4.74. The number of rotatable bonds is 2. The third-order valence-corrected chi connectivity index (χ3v) is 3.62. The predicted molar refractivity (Wildman–Crippen MR) is 71.8 cm³/mol. The molecular formula is C14H18N4O. The highest BCUT2D eigenvalue weighted by Crippen LogP contribution is 2.28. The molecule has 0 spiro atoms. The molecule has 0 saturated carbocycles. The highest BCUT2D eigenvalue weighted by atomic mass is 16.5. The SMILES string of the molecule is Cc1cc(-c2noc([C@@H]3CNC[C@H]3C)n2)cc(C)n1. The van der Waals surface area contributed by atoms with Crippen molar-refractivity contribution in [2.75, 3.05) is 13.1 Å². The van der Waals surface area contributed by atoms with E-state index in [1.165, 1.54) is 0 Å². The maximum absolute atomic E-state index is 5.43. The van der Waals surface area contributed by atoms with Gasteiger partial charge in [-0.2, -0.15) is 4.98 Å². The molecule has 0 aliphatic carbocycles. The Balaban J connectivity index is 1.92. The van der Waals surface area contributed by atoms with Gasteiger partial charge in [-0.3, -0.25) is 4.98 Å². The molecule has 2 aromatic rings. The molecule has 0 unspecified atom stereocenters. The van der Waals surface area contributed by atoms with Crippen LogP contribution in [-0.4, -0.2) is 28.2 Å². The Morgan fingerprint density at radius 1 is 1.16 bits per heavy atom. The van der Waals surface area contributed by atoms with Crippen LogP contribution in [0.4, 0.5) is 0 Å². The first-order valence-electron chi connectivity index (χ1n) is 6.63. The van der Waals surface area contributed by atoms with Crippen LogP contribution in [0.3, 0.4) is 0 Å². The van der Waals surface area contributed by atoms with E-state index in [0.29, 0.717) is 17.7 Å². The van der Waals surface area contributed by atoms with Crippen molar-refractivity contribution in [3.8, 4) is 11.4 Å². The molecule has 1 N–H and O–H groups in total. The molecule has 1 saturated heterocycles. The van der Waals surface area contributed by atoms with E-state index < -0.39 is 0 Å². The van der Waals surface area contributed by atoms with Crippen LogP contribution >= 0.6 is 0 Å². The monoisotopic (exact) mass is 258 g/mol. The van der Waals surface area contributed by atoms with Gasteiger partial charge in [0.1, 0.15) is 0 Å². The van der Waals surface area contributed by atoms with Gasteiger partial charge in [-0.1, -0.05) is 12.1 Å². The fourth-order valence-electron chi connectivity index (χ4n) is 2.61. The lowest BCUT2D eigenvalue weighted by atomic mass is 9.98. The van der Waals surface area contributed by atoms with Crippen molar-refractivity contribution in [3.05, 3.63) is 29.4 Å². The van der Waals surface area contributed by atoms with Gasteiger partial charge < -0.3 is 9.84 Å². The van der Waals surface area contributed by atoms with Crippen LogP contribution in [0.2, 0.25) is 0 Å². The highest BCUT2D eigenvalue weighted by molar-refractivity contribution is 5.55. The molecule has 5 nitrogen and oxygen atoms in total. The Hall–Kier alpha value is -1.75. The first-order chi connectivity index (χ1) is 9.13. The summed E-state index contributed by atoms with van der Waals surface area (Å²) in [6, 6.07) is 3.97. The lowest BCUT2D eigenvalue weighted by molar-refractivity contribution is 0.340. The summed E-state index contributed by atoms with van der Waals surface area (Å²) in [4.78, 5) is 8.91. The third-order valence-electron chi connectivity index (χ3n) is 3.62. The molecule has 0 bridgehead atoms. The topological polar surface area (TPSA) is 63.8 Å².